The van der Waals surface area contributed by atoms with Crippen molar-refractivity contribution in [1.29, 1.82) is 0 Å². The molecular formula is C24H30Cl2N2O3. The van der Waals surface area contributed by atoms with Gasteiger partial charge in [0.2, 0.25) is 5.91 Å². The maximum absolute atomic E-state index is 13.2. The number of aryl methyl sites for hydroxylation is 1. The van der Waals surface area contributed by atoms with E-state index in [1.807, 2.05) is 39.8 Å². The van der Waals surface area contributed by atoms with Gasteiger partial charge in [0, 0.05) is 22.6 Å². The molecule has 0 bridgehead atoms. The van der Waals surface area contributed by atoms with E-state index in [-0.39, 0.29) is 31.0 Å². The van der Waals surface area contributed by atoms with Crippen LogP contribution in [-0.2, 0) is 16.1 Å². The molecule has 0 aromatic heterocycles. The van der Waals surface area contributed by atoms with E-state index >= 15 is 0 Å². The number of nitrogens with zero attached hydrogens (tertiary/aromatic N) is 1. The molecule has 0 aliphatic heterocycles. The SMILES string of the molecule is CCC(C)NC(=O)C(CC)N(Cc1ccc(Cl)cc1)C(=O)COc1ccc(Cl)c(C)c1. The van der Waals surface area contributed by atoms with Crippen molar-refractivity contribution < 1.29 is 14.3 Å². The lowest BCUT2D eigenvalue weighted by molar-refractivity contribution is -0.143. The Morgan fingerprint density at radius 3 is 2.32 bits per heavy atom. The Labute approximate surface area is 194 Å². The van der Waals surface area contributed by atoms with Gasteiger partial charge in [-0.25, -0.2) is 0 Å². The second-order valence-electron chi connectivity index (χ2n) is 7.59. The van der Waals surface area contributed by atoms with Crippen molar-refractivity contribution in [3.63, 3.8) is 0 Å². The van der Waals surface area contributed by atoms with Gasteiger partial charge in [0.1, 0.15) is 11.8 Å². The van der Waals surface area contributed by atoms with E-state index in [0.29, 0.717) is 22.2 Å². The zero-order valence-electron chi connectivity index (χ0n) is 18.5. The van der Waals surface area contributed by atoms with Gasteiger partial charge in [0.15, 0.2) is 6.61 Å². The molecule has 168 valence electrons. The molecule has 0 fully saturated rings. The summed E-state index contributed by atoms with van der Waals surface area (Å²) in [4.78, 5) is 27.7. The van der Waals surface area contributed by atoms with Gasteiger partial charge in [-0.15, -0.1) is 0 Å². The second kappa shape index (κ2) is 12.0. The molecule has 2 aromatic rings. The molecule has 0 aliphatic rings. The minimum atomic E-state index is -0.604. The quantitative estimate of drug-likeness (QED) is 0.511. The predicted molar refractivity (Wildman–Crippen MR) is 126 cm³/mol. The number of carbonyl (C=O) groups is 2. The summed E-state index contributed by atoms with van der Waals surface area (Å²) >= 11 is 12.1. The van der Waals surface area contributed by atoms with E-state index in [1.54, 1.807) is 35.2 Å². The number of benzene rings is 2. The number of hydrogen-bond donors (Lipinski definition) is 1. The lowest BCUT2D eigenvalue weighted by atomic mass is 10.1. The van der Waals surface area contributed by atoms with Gasteiger partial charge in [-0.05, 0) is 68.1 Å². The monoisotopic (exact) mass is 464 g/mol. The van der Waals surface area contributed by atoms with E-state index in [9.17, 15) is 9.59 Å². The van der Waals surface area contributed by atoms with E-state index in [4.69, 9.17) is 27.9 Å². The van der Waals surface area contributed by atoms with Gasteiger partial charge in [0.05, 0.1) is 0 Å². The van der Waals surface area contributed by atoms with Crippen LogP contribution >= 0.6 is 23.2 Å². The fourth-order valence-electron chi connectivity index (χ4n) is 3.08. The maximum atomic E-state index is 13.2. The molecule has 0 aliphatic carbocycles. The first-order chi connectivity index (χ1) is 14.7. The number of amides is 2. The van der Waals surface area contributed by atoms with Gasteiger partial charge in [-0.2, -0.15) is 0 Å². The summed E-state index contributed by atoms with van der Waals surface area (Å²) in [5, 5.41) is 4.24. The topological polar surface area (TPSA) is 58.6 Å². The molecule has 0 saturated heterocycles. The van der Waals surface area contributed by atoms with Crippen LogP contribution in [0.2, 0.25) is 10.0 Å². The summed E-state index contributed by atoms with van der Waals surface area (Å²) in [5.41, 5.74) is 1.75. The molecule has 5 nitrogen and oxygen atoms in total. The molecule has 7 heteroatoms. The van der Waals surface area contributed by atoms with Gasteiger partial charge in [-0.1, -0.05) is 49.2 Å². The van der Waals surface area contributed by atoms with Gasteiger partial charge < -0.3 is 15.0 Å². The van der Waals surface area contributed by atoms with E-state index in [2.05, 4.69) is 5.32 Å². The molecule has 0 spiro atoms. The molecular weight excluding hydrogens is 435 g/mol. The van der Waals surface area contributed by atoms with E-state index < -0.39 is 6.04 Å². The van der Waals surface area contributed by atoms with Crippen molar-refractivity contribution in [3.8, 4) is 5.75 Å². The van der Waals surface area contributed by atoms with Crippen molar-refractivity contribution in [3.05, 3.63) is 63.6 Å². The first-order valence-corrected chi connectivity index (χ1v) is 11.2. The normalized spacial score (nSPS) is 12.7. The minimum absolute atomic E-state index is 0.0299. The Balaban J connectivity index is 2.21. The van der Waals surface area contributed by atoms with Gasteiger partial charge in [0.25, 0.3) is 5.91 Å². The van der Waals surface area contributed by atoms with Crippen molar-refractivity contribution >= 4 is 35.0 Å². The zero-order valence-corrected chi connectivity index (χ0v) is 20.0. The van der Waals surface area contributed by atoms with Crippen LogP contribution in [0.1, 0.15) is 44.7 Å². The number of halogens is 2. The minimum Gasteiger partial charge on any atom is -0.484 e. The number of carbonyl (C=O) groups excluding carboxylic acids is 2. The molecule has 1 N–H and O–H groups in total. The van der Waals surface area contributed by atoms with Crippen LogP contribution in [0.15, 0.2) is 42.5 Å². The molecule has 2 unspecified atom stereocenters. The van der Waals surface area contributed by atoms with Crippen LogP contribution in [0.5, 0.6) is 5.75 Å². The van der Waals surface area contributed by atoms with Crippen LogP contribution in [0.3, 0.4) is 0 Å². The molecule has 2 aromatic carbocycles. The lowest BCUT2D eigenvalue weighted by Gasteiger charge is -2.31. The first-order valence-electron chi connectivity index (χ1n) is 10.5. The van der Waals surface area contributed by atoms with Gasteiger partial charge >= 0.3 is 0 Å². The molecule has 0 saturated carbocycles. The van der Waals surface area contributed by atoms with Crippen molar-refractivity contribution in [2.45, 2.75) is 59.2 Å². The number of rotatable bonds is 10. The largest absolute Gasteiger partial charge is 0.484 e. The Morgan fingerprint density at radius 2 is 1.74 bits per heavy atom. The van der Waals surface area contributed by atoms with Crippen LogP contribution in [0.4, 0.5) is 0 Å². The van der Waals surface area contributed by atoms with Crippen molar-refractivity contribution in [1.82, 2.24) is 10.2 Å². The third-order valence-corrected chi connectivity index (χ3v) is 5.82. The Morgan fingerprint density at radius 1 is 1.06 bits per heavy atom. The van der Waals surface area contributed by atoms with Crippen LogP contribution in [0.25, 0.3) is 0 Å². The molecule has 2 amide bonds. The number of ether oxygens (including phenoxy) is 1. The van der Waals surface area contributed by atoms with Crippen molar-refractivity contribution in [2.75, 3.05) is 6.61 Å². The Bertz CT molecular complexity index is 887. The van der Waals surface area contributed by atoms with Crippen LogP contribution in [-0.4, -0.2) is 35.4 Å². The highest BCUT2D eigenvalue weighted by Crippen LogP contribution is 2.21. The predicted octanol–water partition coefficient (Wildman–Crippen LogP) is 5.40. The van der Waals surface area contributed by atoms with E-state index in [1.165, 1.54) is 0 Å². The van der Waals surface area contributed by atoms with Gasteiger partial charge in [-0.3, -0.25) is 9.59 Å². The summed E-state index contributed by atoms with van der Waals surface area (Å²) in [6, 6.07) is 11.9. The molecule has 31 heavy (non-hydrogen) atoms. The highest BCUT2D eigenvalue weighted by molar-refractivity contribution is 6.31. The van der Waals surface area contributed by atoms with Crippen LogP contribution in [0, 0.1) is 6.92 Å². The lowest BCUT2D eigenvalue weighted by Crippen LogP contribution is -2.51. The average molecular weight is 465 g/mol. The summed E-state index contributed by atoms with van der Waals surface area (Å²) in [5.74, 6) is 0.119. The summed E-state index contributed by atoms with van der Waals surface area (Å²) in [7, 11) is 0. The first kappa shape index (κ1) is 25.0. The third kappa shape index (κ3) is 7.44. The molecule has 2 rings (SSSR count). The van der Waals surface area contributed by atoms with Crippen LogP contribution < -0.4 is 10.1 Å². The zero-order chi connectivity index (χ0) is 23.0. The Hall–Kier alpha value is -2.24. The molecule has 0 radical (unpaired) electrons. The maximum Gasteiger partial charge on any atom is 0.261 e. The Kier molecular flexibility index (Phi) is 9.66. The highest BCUT2D eigenvalue weighted by atomic mass is 35.5. The van der Waals surface area contributed by atoms with Crippen molar-refractivity contribution in [2.24, 2.45) is 0 Å². The summed E-state index contributed by atoms with van der Waals surface area (Å²) in [6.45, 7) is 7.82. The smallest absolute Gasteiger partial charge is 0.261 e. The van der Waals surface area contributed by atoms with E-state index in [0.717, 1.165) is 17.5 Å². The standard InChI is InChI=1S/C24H30Cl2N2O3/c1-5-17(4)27-24(30)22(6-2)28(14-18-7-9-19(25)10-8-18)23(29)15-31-20-11-12-21(26)16(3)13-20/h7-13,17,22H,5-6,14-15H2,1-4H3,(H,27,30). The average Bonchev–Trinajstić information content (AvgIpc) is 2.75. The third-order valence-electron chi connectivity index (χ3n) is 5.14. The second-order valence-corrected chi connectivity index (χ2v) is 8.43. The number of nitrogens with one attached hydrogen (secondary N) is 1. The molecule has 2 atom stereocenters. The molecule has 0 heterocycles. The number of hydrogen-bond acceptors (Lipinski definition) is 3. The fraction of sp³-hybridized carbons (Fsp3) is 0.417. The summed E-state index contributed by atoms with van der Waals surface area (Å²) < 4.78 is 5.72. The highest BCUT2D eigenvalue weighted by Gasteiger charge is 2.29. The summed E-state index contributed by atoms with van der Waals surface area (Å²) in [6.07, 6.45) is 1.30. The fourth-order valence-corrected chi connectivity index (χ4v) is 3.33.